The van der Waals surface area contributed by atoms with E-state index in [0.717, 1.165) is 5.56 Å². The summed E-state index contributed by atoms with van der Waals surface area (Å²) in [6, 6.07) is 3.88. The maximum absolute atomic E-state index is 11.9. The Morgan fingerprint density at radius 2 is 2.16 bits per heavy atom. The third kappa shape index (κ3) is 4.26. The standard InChI is InChI=1S/C13H18N2O4/c1-8-3-4-9(7-10(8)14)12(16)15-11(13(17)18)5-6-19-2/h3-4,7,11H,5-6,14H2,1-2H3,(H,15,16)(H,17,18). The van der Waals surface area contributed by atoms with Gasteiger partial charge in [-0.3, -0.25) is 4.79 Å². The van der Waals surface area contributed by atoms with Gasteiger partial charge in [0.25, 0.3) is 5.91 Å². The van der Waals surface area contributed by atoms with Crippen molar-refractivity contribution in [2.45, 2.75) is 19.4 Å². The van der Waals surface area contributed by atoms with E-state index in [4.69, 9.17) is 15.6 Å². The molecule has 1 unspecified atom stereocenters. The van der Waals surface area contributed by atoms with Crippen LogP contribution in [0, 0.1) is 6.92 Å². The molecule has 0 radical (unpaired) electrons. The topological polar surface area (TPSA) is 102 Å². The normalized spacial score (nSPS) is 11.9. The van der Waals surface area contributed by atoms with Crippen molar-refractivity contribution >= 4 is 17.6 Å². The van der Waals surface area contributed by atoms with Gasteiger partial charge in [0.2, 0.25) is 0 Å². The Morgan fingerprint density at radius 1 is 1.47 bits per heavy atom. The van der Waals surface area contributed by atoms with Gasteiger partial charge in [-0.1, -0.05) is 6.07 Å². The minimum Gasteiger partial charge on any atom is -0.480 e. The van der Waals surface area contributed by atoms with Crippen LogP contribution in [-0.2, 0) is 9.53 Å². The zero-order chi connectivity index (χ0) is 14.4. The number of nitrogen functional groups attached to an aromatic ring is 1. The molecule has 6 nitrogen and oxygen atoms in total. The van der Waals surface area contributed by atoms with Crippen LogP contribution >= 0.6 is 0 Å². The number of amides is 1. The highest BCUT2D eigenvalue weighted by Crippen LogP contribution is 2.13. The number of carboxylic acids is 1. The van der Waals surface area contributed by atoms with E-state index in [1.807, 2.05) is 6.92 Å². The summed E-state index contributed by atoms with van der Waals surface area (Å²) in [6.07, 6.45) is 0.207. The van der Waals surface area contributed by atoms with Crippen LogP contribution in [0.5, 0.6) is 0 Å². The van der Waals surface area contributed by atoms with Crippen LogP contribution in [0.4, 0.5) is 5.69 Å². The molecule has 1 aromatic carbocycles. The molecule has 6 heteroatoms. The summed E-state index contributed by atoms with van der Waals surface area (Å²) < 4.78 is 4.81. The van der Waals surface area contributed by atoms with Crippen molar-refractivity contribution in [1.82, 2.24) is 5.32 Å². The molecule has 0 aliphatic heterocycles. The Hall–Kier alpha value is -2.08. The molecule has 0 saturated heterocycles. The van der Waals surface area contributed by atoms with Crippen molar-refractivity contribution in [3.63, 3.8) is 0 Å². The van der Waals surface area contributed by atoms with Crippen molar-refractivity contribution < 1.29 is 19.4 Å². The fourth-order valence-electron chi connectivity index (χ4n) is 1.52. The van der Waals surface area contributed by atoms with Gasteiger partial charge < -0.3 is 20.9 Å². The predicted molar refractivity (Wildman–Crippen MR) is 71.0 cm³/mol. The molecule has 1 amide bonds. The summed E-state index contributed by atoms with van der Waals surface area (Å²) in [6.45, 7) is 2.09. The molecule has 4 N–H and O–H groups in total. The van der Waals surface area contributed by atoms with Crippen molar-refractivity contribution in [3.8, 4) is 0 Å². The minimum absolute atomic E-state index is 0.207. The van der Waals surface area contributed by atoms with Crippen LogP contribution < -0.4 is 11.1 Å². The number of nitrogens with two attached hydrogens (primary N) is 1. The number of carbonyl (C=O) groups is 2. The summed E-state index contributed by atoms with van der Waals surface area (Å²) in [4.78, 5) is 22.9. The molecule has 1 aromatic rings. The minimum atomic E-state index is -1.09. The van der Waals surface area contributed by atoms with Crippen LogP contribution in [0.25, 0.3) is 0 Å². The summed E-state index contributed by atoms with van der Waals surface area (Å²) in [5, 5.41) is 11.4. The number of nitrogens with one attached hydrogen (secondary N) is 1. The molecule has 1 atom stereocenters. The number of hydrogen-bond donors (Lipinski definition) is 3. The second kappa shape index (κ2) is 6.75. The summed E-state index contributed by atoms with van der Waals surface area (Å²) in [5.41, 5.74) is 7.42. The van der Waals surface area contributed by atoms with E-state index in [-0.39, 0.29) is 13.0 Å². The molecule has 0 bridgehead atoms. The average Bonchev–Trinajstić information content (AvgIpc) is 2.37. The van der Waals surface area contributed by atoms with Crippen molar-refractivity contribution in [3.05, 3.63) is 29.3 Å². The lowest BCUT2D eigenvalue weighted by Gasteiger charge is -2.14. The van der Waals surface area contributed by atoms with E-state index in [1.165, 1.54) is 13.2 Å². The van der Waals surface area contributed by atoms with E-state index in [2.05, 4.69) is 5.32 Å². The number of carbonyl (C=O) groups excluding carboxylic acids is 1. The number of benzene rings is 1. The molecule has 104 valence electrons. The van der Waals surface area contributed by atoms with Crippen LogP contribution in [0.3, 0.4) is 0 Å². The van der Waals surface area contributed by atoms with Gasteiger partial charge >= 0.3 is 5.97 Å². The Morgan fingerprint density at radius 3 is 2.68 bits per heavy atom. The first-order chi connectivity index (χ1) is 8.95. The fourth-order valence-corrected chi connectivity index (χ4v) is 1.52. The summed E-state index contributed by atoms with van der Waals surface area (Å²) in [5.74, 6) is -1.55. The van der Waals surface area contributed by atoms with Crippen molar-refractivity contribution in [2.24, 2.45) is 0 Å². The van der Waals surface area contributed by atoms with Gasteiger partial charge in [-0.25, -0.2) is 4.79 Å². The van der Waals surface area contributed by atoms with Crippen LogP contribution in [-0.4, -0.2) is 36.7 Å². The molecular weight excluding hydrogens is 248 g/mol. The first-order valence-corrected chi connectivity index (χ1v) is 5.84. The first kappa shape index (κ1) is 15.0. The number of ether oxygens (including phenoxy) is 1. The van der Waals surface area contributed by atoms with E-state index in [1.54, 1.807) is 12.1 Å². The number of aryl methyl sites for hydroxylation is 1. The number of rotatable bonds is 6. The van der Waals surface area contributed by atoms with Crippen molar-refractivity contribution in [2.75, 3.05) is 19.5 Å². The number of methoxy groups -OCH3 is 1. The van der Waals surface area contributed by atoms with Gasteiger partial charge in [0.05, 0.1) is 0 Å². The molecule has 0 aliphatic rings. The SMILES string of the molecule is COCCC(NC(=O)c1ccc(C)c(N)c1)C(=O)O. The van der Waals surface area contributed by atoms with Gasteiger partial charge in [0, 0.05) is 31.4 Å². The Labute approximate surface area is 111 Å². The van der Waals surface area contributed by atoms with E-state index in [0.29, 0.717) is 11.3 Å². The highest BCUT2D eigenvalue weighted by atomic mass is 16.5. The lowest BCUT2D eigenvalue weighted by molar-refractivity contribution is -0.139. The summed E-state index contributed by atoms with van der Waals surface area (Å²) in [7, 11) is 1.47. The number of aliphatic carboxylic acids is 1. The third-order valence-electron chi connectivity index (χ3n) is 2.76. The molecular formula is C13H18N2O4. The Bertz CT molecular complexity index is 474. The maximum atomic E-state index is 11.9. The lowest BCUT2D eigenvalue weighted by Crippen LogP contribution is -2.41. The van der Waals surface area contributed by atoms with Crippen LogP contribution in [0.15, 0.2) is 18.2 Å². The maximum Gasteiger partial charge on any atom is 0.326 e. The lowest BCUT2D eigenvalue weighted by atomic mass is 10.1. The highest BCUT2D eigenvalue weighted by Gasteiger charge is 2.20. The van der Waals surface area contributed by atoms with Crippen molar-refractivity contribution in [1.29, 1.82) is 0 Å². The van der Waals surface area contributed by atoms with Gasteiger partial charge in [0.1, 0.15) is 6.04 Å². The average molecular weight is 266 g/mol. The zero-order valence-electron chi connectivity index (χ0n) is 11.0. The Balaban J connectivity index is 2.75. The second-order valence-electron chi connectivity index (χ2n) is 4.22. The van der Waals surface area contributed by atoms with Gasteiger partial charge in [-0.05, 0) is 24.6 Å². The van der Waals surface area contributed by atoms with E-state index < -0.39 is 17.9 Å². The number of hydrogen-bond acceptors (Lipinski definition) is 4. The number of carboxylic acid groups (broad SMARTS) is 1. The summed E-state index contributed by atoms with van der Waals surface area (Å²) >= 11 is 0. The predicted octanol–water partition coefficient (Wildman–Crippen LogP) is 0.797. The van der Waals surface area contributed by atoms with E-state index >= 15 is 0 Å². The highest BCUT2D eigenvalue weighted by molar-refractivity contribution is 5.97. The molecule has 0 aliphatic carbocycles. The van der Waals surface area contributed by atoms with Gasteiger partial charge in [0.15, 0.2) is 0 Å². The molecule has 1 rings (SSSR count). The monoisotopic (exact) mass is 266 g/mol. The number of anilines is 1. The molecule has 0 aromatic heterocycles. The third-order valence-corrected chi connectivity index (χ3v) is 2.76. The molecule has 0 fully saturated rings. The first-order valence-electron chi connectivity index (χ1n) is 5.84. The van der Waals surface area contributed by atoms with Gasteiger partial charge in [-0.15, -0.1) is 0 Å². The van der Waals surface area contributed by atoms with Crippen LogP contribution in [0.2, 0.25) is 0 Å². The smallest absolute Gasteiger partial charge is 0.326 e. The second-order valence-corrected chi connectivity index (χ2v) is 4.22. The zero-order valence-corrected chi connectivity index (χ0v) is 11.0. The molecule has 19 heavy (non-hydrogen) atoms. The van der Waals surface area contributed by atoms with Crippen LogP contribution in [0.1, 0.15) is 22.3 Å². The molecule has 0 saturated carbocycles. The van der Waals surface area contributed by atoms with Gasteiger partial charge in [-0.2, -0.15) is 0 Å². The van der Waals surface area contributed by atoms with E-state index in [9.17, 15) is 9.59 Å². The quantitative estimate of drug-likeness (QED) is 0.661. The Kier molecular flexibility index (Phi) is 5.32. The fraction of sp³-hybridized carbons (Fsp3) is 0.385. The molecule has 0 heterocycles. The molecule has 0 spiro atoms. The largest absolute Gasteiger partial charge is 0.480 e.